The summed E-state index contributed by atoms with van der Waals surface area (Å²) in [5.74, 6) is 0. The van der Waals surface area contributed by atoms with Crippen molar-refractivity contribution in [2.45, 2.75) is 11.8 Å². The minimum atomic E-state index is -1.61. The van der Waals surface area contributed by atoms with E-state index in [1.54, 1.807) is 6.92 Å². The molecule has 0 aliphatic rings. The molecule has 0 fully saturated rings. The molecule has 14 heavy (non-hydrogen) atoms. The highest BCUT2D eigenvalue weighted by Gasteiger charge is 2.09. The maximum atomic E-state index is 11.3. The minimum Gasteiger partial charge on any atom is -0.287 e. The van der Waals surface area contributed by atoms with Crippen molar-refractivity contribution in [2.75, 3.05) is 6.61 Å². The predicted octanol–water partition coefficient (Wildman–Crippen LogP) is 1.65. The number of hydrogen-bond acceptors (Lipinski definition) is 4. The van der Waals surface area contributed by atoms with E-state index >= 15 is 0 Å². The van der Waals surface area contributed by atoms with E-state index in [1.165, 1.54) is 24.3 Å². The van der Waals surface area contributed by atoms with Gasteiger partial charge in [-0.05, 0) is 13.0 Å². The highest BCUT2D eigenvalue weighted by molar-refractivity contribution is 7.80. The molecular weight excluding hydrogens is 206 g/mol. The van der Waals surface area contributed by atoms with E-state index in [-0.39, 0.29) is 5.69 Å². The van der Waals surface area contributed by atoms with Gasteiger partial charge in [0.2, 0.25) is 0 Å². The molecule has 5 nitrogen and oxygen atoms in total. The zero-order chi connectivity index (χ0) is 10.6. The van der Waals surface area contributed by atoms with Crippen LogP contribution in [0.25, 0.3) is 0 Å². The van der Waals surface area contributed by atoms with Gasteiger partial charge in [-0.15, -0.1) is 0 Å². The lowest BCUT2D eigenvalue weighted by Gasteiger charge is -1.99. The lowest BCUT2D eigenvalue weighted by Crippen LogP contribution is -1.98. The Balaban J connectivity index is 2.93. The molecule has 0 aromatic heterocycles. The molecule has 1 rings (SSSR count). The third kappa shape index (κ3) is 2.61. The SMILES string of the molecule is CCOS(=O)c1cccc([N+](=O)[O-])c1. The number of non-ortho nitro benzene ring substituents is 1. The van der Waals surface area contributed by atoms with E-state index in [2.05, 4.69) is 0 Å². The summed E-state index contributed by atoms with van der Waals surface area (Å²) >= 11 is -1.61. The summed E-state index contributed by atoms with van der Waals surface area (Å²) < 4.78 is 16.1. The van der Waals surface area contributed by atoms with E-state index in [0.29, 0.717) is 11.5 Å². The van der Waals surface area contributed by atoms with Crippen LogP contribution in [-0.2, 0) is 15.3 Å². The Hall–Kier alpha value is -1.27. The van der Waals surface area contributed by atoms with Gasteiger partial charge in [0, 0.05) is 12.1 Å². The number of benzene rings is 1. The van der Waals surface area contributed by atoms with Crippen LogP contribution in [0.2, 0.25) is 0 Å². The van der Waals surface area contributed by atoms with Crippen molar-refractivity contribution in [1.82, 2.24) is 0 Å². The molecule has 0 radical (unpaired) electrons. The number of nitrogens with zero attached hydrogens (tertiary/aromatic N) is 1. The van der Waals surface area contributed by atoms with Crippen LogP contribution >= 0.6 is 0 Å². The van der Waals surface area contributed by atoms with Crippen LogP contribution in [0.15, 0.2) is 29.2 Å². The van der Waals surface area contributed by atoms with Gasteiger partial charge in [0.1, 0.15) is 0 Å². The highest BCUT2D eigenvalue weighted by Crippen LogP contribution is 2.16. The smallest absolute Gasteiger partial charge is 0.270 e. The summed E-state index contributed by atoms with van der Waals surface area (Å²) in [6.45, 7) is 2.00. The Bertz CT molecular complexity index is 366. The van der Waals surface area contributed by atoms with Gasteiger partial charge in [0.15, 0.2) is 11.1 Å². The molecular formula is C8H9NO4S. The third-order valence-electron chi connectivity index (χ3n) is 1.45. The van der Waals surface area contributed by atoms with Crippen LogP contribution in [-0.4, -0.2) is 15.7 Å². The van der Waals surface area contributed by atoms with Gasteiger partial charge in [-0.25, -0.2) is 4.21 Å². The molecule has 1 unspecified atom stereocenters. The van der Waals surface area contributed by atoms with Gasteiger partial charge in [-0.1, -0.05) is 6.07 Å². The molecule has 1 aromatic carbocycles. The topological polar surface area (TPSA) is 69.4 Å². The number of hydrogen-bond donors (Lipinski definition) is 0. The minimum absolute atomic E-state index is 0.0875. The number of nitro benzene ring substituents is 1. The van der Waals surface area contributed by atoms with Crippen molar-refractivity contribution < 1.29 is 13.3 Å². The van der Waals surface area contributed by atoms with Gasteiger partial charge in [0.25, 0.3) is 5.69 Å². The van der Waals surface area contributed by atoms with Crippen LogP contribution in [0, 0.1) is 10.1 Å². The molecule has 0 aliphatic carbocycles. The first-order valence-corrected chi connectivity index (χ1v) is 5.02. The summed E-state index contributed by atoms with van der Waals surface area (Å²) in [6.07, 6.45) is 0. The van der Waals surface area contributed by atoms with Crippen molar-refractivity contribution in [2.24, 2.45) is 0 Å². The standard InChI is InChI=1S/C8H9NO4S/c1-2-13-14(12)8-5-3-4-7(6-8)9(10)11/h3-6H,2H2,1H3. The Morgan fingerprint density at radius 2 is 2.29 bits per heavy atom. The van der Waals surface area contributed by atoms with Gasteiger partial charge in [-0.3, -0.25) is 14.3 Å². The summed E-state index contributed by atoms with van der Waals surface area (Å²) in [5, 5.41) is 10.4. The molecule has 0 amide bonds. The molecule has 1 atom stereocenters. The monoisotopic (exact) mass is 215 g/mol. The van der Waals surface area contributed by atoms with Gasteiger partial charge < -0.3 is 0 Å². The second-order valence-electron chi connectivity index (χ2n) is 2.40. The van der Waals surface area contributed by atoms with Crippen LogP contribution < -0.4 is 0 Å². The molecule has 0 heterocycles. The second-order valence-corrected chi connectivity index (χ2v) is 3.57. The molecule has 0 aliphatic heterocycles. The Morgan fingerprint density at radius 1 is 1.57 bits per heavy atom. The quantitative estimate of drug-likeness (QED) is 0.565. The van der Waals surface area contributed by atoms with Crippen molar-refractivity contribution >= 4 is 16.8 Å². The summed E-state index contributed by atoms with van der Waals surface area (Å²) in [4.78, 5) is 10.2. The third-order valence-corrected chi connectivity index (χ3v) is 2.53. The molecule has 0 saturated heterocycles. The van der Waals surface area contributed by atoms with E-state index < -0.39 is 16.0 Å². The van der Waals surface area contributed by atoms with Crippen LogP contribution in [0.1, 0.15) is 6.92 Å². The van der Waals surface area contributed by atoms with Crippen LogP contribution in [0.5, 0.6) is 0 Å². The Labute approximate surface area is 83.5 Å². The molecule has 1 aromatic rings. The first-order valence-electron chi connectivity index (χ1n) is 3.94. The first kappa shape index (κ1) is 10.8. The van der Waals surface area contributed by atoms with E-state index in [4.69, 9.17) is 4.18 Å². The van der Waals surface area contributed by atoms with Crippen molar-refractivity contribution in [3.63, 3.8) is 0 Å². The lowest BCUT2D eigenvalue weighted by atomic mass is 10.3. The Kier molecular flexibility index (Phi) is 3.73. The highest BCUT2D eigenvalue weighted by atomic mass is 32.2. The van der Waals surface area contributed by atoms with E-state index in [0.717, 1.165) is 0 Å². The predicted molar refractivity (Wildman–Crippen MR) is 51.1 cm³/mol. The summed E-state index contributed by atoms with van der Waals surface area (Å²) in [7, 11) is 0. The molecule has 6 heteroatoms. The molecule has 0 N–H and O–H groups in total. The average molecular weight is 215 g/mol. The van der Waals surface area contributed by atoms with E-state index in [1.807, 2.05) is 0 Å². The van der Waals surface area contributed by atoms with Gasteiger partial charge >= 0.3 is 0 Å². The lowest BCUT2D eigenvalue weighted by molar-refractivity contribution is -0.385. The number of nitro groups is 1. The maximum Gasteiger partial charge on any atom is 0.270 e. The number of rotatable bonds is 4. The molecule has 0 saturated carbocycles. The van der Waals surface area contributed by atoms with Crippen molar-refractivity contribution in [3.05, 3.63) is 34.4 Å². The fraction of sp³-hybridized carbons (Fsp3) is 0.250. The largest absolute Gasteiger partial charge is 0.287 e. The van der Waals surface area contributed by atoms with Crippen molar-refractivity contribution in [1.29, 1.82) is 0 Å². The van der Waals surface area contributed by atoms with Gasteiger partial charge in [0.05, 0.1) is 16.4 Å². The zero-order valence-corrected chi connectivity index (χ0v) is 8.32. The second kappa shape index (κ2) is 4.83. The first-order chi connectivity index (χ1) is 6.65. The fourth-order valence-corrected chi connectivity index (χ4v) is 1.63. The van der Waals surface area contributed by atoms with Gasteiger partial charge in [-0.2, -0.15) is 0 Å². The van der Waals surface area contributed by atoms with Crippen LogP contribution in [0.4, 0.5) is 5.69 Å². The average Bonchev–Trinajstić information content (AvgIpc) is 2.18. The zero-order valence-electron chi connectivity index (χ0n) is 7.50. The Morgan fingerprint density at radius 3 is 2.86 bits per heavy atom. The fourth-order valence-electron chi connectivity index (χ4n) is 0.876. The summed E-state index contributed by atoms with van der Waals surface area (Å²) in [5.41, 5.74) is -0.0875. The summed E-state index contributed by atoms with van der Waals surface area (Å²) in [6, 6.07) is 5.58. The maximum absolute atomic E-state index is 11.3. The molecule has 76 valence electrons. The molecule has 0 spiro atoms. The van der Waals surface area contributed by atoms with E-state index in [9.17, 15) is 14.3 Å². The normalized spacial score (nSPS) is 12.4. The van der Waals surface area contributed by atoms with Crippen molar-refractivity contribution in [3.8, 4) is 0 Å². The van der Waals surface area contributed by atoms with Crippen LogP contribution in [0.3, 0.4) is 0 Å². The molecule has 0 bridgehead atoms.